The van der Waals surface area contributed by atoms with Crippen molar-refractivity contribution in [3.8, 4) is 0 Å². The fraction of sp³-hybridized carbons (Fsp3) is 0.125. The summed E-state index contributed by atoms with van der Waals surface area (Å²) >= 11 is 1.71. The van der Waals surface area contributed by atoms with Gasteiger partial charge in [-0.3, -0.25) is 4.21 Å². The Balaban J connectivity index is 2.56. The van der Waals surface area contributed by atoms with Gasteiger partial charge in [0.15, 0.2) is 0 Å². The molecule has 3 rings (SSSR count). The van der Waals surface area contributed by atoms with E-state index in [2.05, 4.69) is 17.5 Å². The molecule has 4 heteroatoms. The molecule has 0 saturated carbocycles. The average molecular weight is 212 g/mol. The first-order valence-corrected chi connectivity index (χ1v) is 6.71. The van der Waals surface area contributed by atoms with Gasteiger partial charge in [-0.15, -0.1) is 11.3 Å². The maximum Gasteiger partial charge on any atom is 0.0688 e. The van der Waals surface area contributed by atoms with Crippen molar-refractivity contribution >= 4 is 35.2 Å². The molecule has 0 amide bonds. The maximum absolute atomic E-state index is 11.5. The lowest BCUT2D eigenvalue weighted by atomic mass is 10.4. The minimum absolute atomic E-state index is 0.731. The number of thiophene rings is 1. The van der Waals surface area contributed by atoms with Crippen LogP contribution in [0.25, 0.3) is 4.91 Å². The van der Waals surface area contributed by atoms with Crippen LogP contribution in [0.3, 0.4) is 0 Å². The van der Waals surface area contributed by atoms with Gasteiger partial charge in [0.1, 0.15) is 0 Å². The summed E-state index contributed by atoms with van der Waals surface area (Å²) in [5, 5.41) is 3.37. The van der Waals surface area contributed by atoms with Gasteiger partial charge in [0, 0.05) is 16.0 Å². The molecule has 2 aliphatic heterocycles. The van der Waals surface area contributed by atoms with E-state index in [1.165, 1.54) is 23.0 Å². The minimum atomic E-state index is -0.740. The molecule has 3 heterocycles. The van der Waals surface area contributed by atoms with Gasteiger partial charge in [-0.25, -0.2) is 0 Å². The zero-order valence-electron chi connectivity index (χ0n) is 6.11. The predicted molar refractivity (Wildman–Crippen MR) is 54.2 cm³/mol. The highest BCUT2D eigenvalue weighted by molar-refractivity contribution is 7.96. The Kier molecular flexibility index (Phi) is 1.43. The molecule has 1 aromatic rings. The van der Waals surface area contributed by atoms with Crippen molar-refractivity contribution in [2.75, 3.05) is 5.75 Å². The van der Waals surface area contributed by atoms with E-state index in [-0.39, 0.29) is 0 Å². The van der Waals surface area contributed by atoms with Crippen molar-refractivity contribution in [3.63, 3.8) is 0 Å². The fourth-order valence-corrected chi connectivity index (χ4v) is 5.87. The van der Waals surface area contributed by atoms with Crippen LogP contribution in [-0.2, 0) is 10.8 Å². The molecule has 0 radical (unpaired) electrons. The normalized spacial score (nSPS) is 26.2. The van der Waals surface area contributed by atoms with Crippen LogP contribution in [0.4, 0.5) is 0 Å². The van der Waals surface area contributed by atoms with E-state index in [0.717, 1.165) is 10.7 Å². The van der Waals surface area contributed by atoms with E-state index in [4.69, 9.17) is 0 Å². The summed E-state index contributed by atoms with van der Waals surface area (Å²) in [4.78, 5) is 2.45. The zero-order valence-corrected chi connectivity index (χ0v) is 8.64. The molecule has 1 aromatic heterocycles. The molecule has 0 aliphatic carbocycles. The summed E-state index contributed by atoms with van der Waals surface area (Å²) in [5.74, 6) is 0.731. The lowest BCUT2D eigenvalue weighted by Gasteiger charge is -1.89. The highest BCUT2D eigenvalue weighted by Crippen LogP contribution is 2.37. The molecule has 12 heavy (non-hydrogen) atoms. The second-order valence-electron chi connectivity index (χ2n) is 2.68. The van der Waals surface area contributed by atoms with Gasteiger partial charge in [0.05, 0.1) is 20.2 Å². The third kappa shape index (κ3) is 0.792. The van der Waals surface area contributed by atoms with E-state index < -0.39 is 10.8 Å². The Morgan fingerprint density at radius 1 is 1.58 bits per heavy atom. The quantitative estimate of drug-likeness (QED) is 0.598. The summed E-state index contributed by atoms with van der Waals surface area (Å²) in [7, 11) is 0.522. The van der Waals surface area contributed by atoms with Crippen LogP contribution in [0.1, 0.15) is 0 Å². The third-order valence-electron chi connectivity index (χ3n) is 1.98. The number of hydrogen-bond acceptors (Lipinski definition) is 2. The van der Waals surface area contributed by atoms with Crippen molar-refractivity contribution < 1.29 is 4.21 Å². The monoisotopic (exact) mass is 212 g/mol. The van der Waals surface area contributed by atoms with Gasteiger partial charge >= 0.3 is 0 Å². The van der Waals surface area contributed by atoms with Crippen LogP contribution in [0.5, 0.6) is 0 Å². The van der Waals surface area contributed by atoms with Crippen LogP contribution in [0, 0.1) is 4.94 Å². The Bertz CT molecular complexity index is 523. The molecule has 60 valence electrons. The Morgan fingerprint density at radius 3 is 3.42 bits per heavy atom. The van der Waals surface area contributed by atoms with Gasteiger partial charge in [-0.2, -0.15) is 0 Å². The standard InChI is InChI=1S/C8H5OPS2/c9-12-4-2-6-8(12)7-5(10-6)1-3-11-7/h1-3H,4H2. The molecular formula is C8H5OPS2. The number of rotatable bonds is 0. The molecule has 1 unspecified atom stereocenters. The zero-order chi connectivity index (χ0) is 8.13. The highest BCUT2D eigenvalue weighted by Gasteiger charge is 2.23. The molecule has 0 aromatic carbocycles. The van der Waals surface area contributed by atoms with E-state index in [1.54, 1.807) is 11.3 Å². The van der Waals surface area contributed by atoms with Gasteiger partial charge in [0.2, 0.25) is 0 Å². The largest absolute Gasteiger partial charge is 0.254 e. The van der Waals surface area contributed by atoms with Crippen LogP contribution in [0.15, 0.2) is 22.8 Å². The van der Waals surface area contributed by atoms with Crippen molar-refractivity contribution in [3.05, 3.63) is 32.3 Å². The van der Waals surface area contributed by atoms with Crippen LogP contribution >= 0.6 is 19.5 Å². The maximum atomic E-state index is 11.5. The van der Waals surface area contributed by atoms with E-state index in [9.17, 15) is 4.21 Å². The first-order chi connectivity index (χ1) is 5.86. The Hall–Kier alpha value is -0.240. The minimum Gasteiger partial charge on any atom is -0.254 e. The second kappa shape index (κ2) is 2.38. The predicted octanol–water partition coefficient (Wildman–Crippen LogP) is 1.71. The molecule has 1 atom stereocenters. The Labute approximate surface area is 77.7 Å². The van der Waals surface area contributed by atoms with Crippen LogP contribution in [-0.4, -0.2) is 9.96 Å². The lowest BCUT2D eigenvalue weighted by molar-refractivity contribution is 0.691. The molecule has 0 spiro atoms. The smallest absolute Gasteiger partial charge is 0.0688 e. The molecule has 0 saturated heterocycles. The summed E-state index contributed by atoms with van der Waals surface area (Å²) in [6.45, 7) is 0. The number of hydrogen-bond donors (Lipinski definition) is 0. The topological polar surface area (TPSA) is 17.1 Å². The molecule has 0 fully saturated rings. The SMILES string of the molecule is O=S1CC=C2P=c3ccsc3=C21. The first-order valence-electron chi connectivity index (χ1n) is 3.62. The highest BCUT2D eigenvalue weighted by atomic mass is 32.2. The van der Waals surface area contributed by atoms with Crippen LogP contribution < -0.4 is 4.53 Å². The molecule has 0 N–H and O–H groups in total. The lowest BCUT2D eigenvalue weighted by Crippen LogP contribution is -2.00. The Morgan fingerprint density at radius 2 is 2.50 bits per heavy atom. The third-order valence-corrected chi connectivity index (χ3v) is 5.95. The van der Waals surface area contributed by atoms with Crippen molar-refractivity contribution in [2.24, 2.45) is 0 Å². The molecule has 2 aliphatic rings. The van der Waals surface area contributed by atoms with E-state index in [1.807, 2.05) is 0 Å². The first kappa shape index (κ1) is 7.19. The molecule has 1 nitrogen and oxygen atoms in total. The summed E-state index contributed by atoms with van der Waals surface area (Å²) in [5.41, 5.74) is 0. The van der Waals surface area contributed by atoms with Gasteiger partial charge in [0.25, 0.3) is 0 Å². The van der Waals surface area contributed by atoms with Crippen molar-refractivity contribution in [1.82, 2.24) is 0 Å². The number of fused-ring (bicyclic) bond motifs is 2. The van der Waals surface area contributed by atoms with Crippen molar-refractivity contribution in [2.45, 2.75) is 0 Å². The van der Waals surface area contributed by atoms with Gasteiger partial charge in [-0.1, -0.05) is 14.3 Å². The summed E-state index contributed by atoms with van der Waals surface area (Å²) in [6.07, 6.45) is 2.11. The molecular weight excluding hydrogens is 207 g/mol. The van der Waals surface area contributed by atoms with Gasteiger partial charge in [-0.05, 0) is 11.4 Å². The van der Waals surface area contributed by atoms with E-state index >= 15 is 0 Å². The van der Waals surface area contributed by atoms with Gasteiger partial charge < -0.3 is 0 Å². The summed E-state index contributed by atoms with van der Waals surface area (Å²) < 4.78 is 12.8. The second-order valence-corrected chi connectivity index (χ2v) is 6.21. The average Bonchev–Trinajstić information content (AvgIpc) is 2.61. The van der Waals surface area contributed by atoms with Crippen LogP contribution in [0.2, 0.25) is 0 Å². The summed E-state index contributed by atoms with van der Waals surface area (Å²) in [6, 6.07) is 2.13. The fourth-order valence-electron chi connectivity index (χ4n) is 1.45. The van der Waals surface area contributed by atoms with E-state index in [0.29, 0.717) is 0 Å². The van der Waals surface area contributed by atoms with Crippen molar-refractivity contribution in [1.29, 1.82) is 0 Å². The molecule has 0 bridgehead atoms.